The second-order valence-corrected chi connectivity index (χ2v) is 4.41. The lowest BCUT2D eigenvalue weighted by Gasteiger charge is -2.09. The highest BCUT2D eigenvalue weighted by atomic mass is 16.5. The number of methoxy groups -OCH3 is 1. The zero-order valence-corrected chi connectivity index (χ0v) is 11.4. The first-order valence-corrected chi connectivity index (χ1v) is 6.24. The molecule has 0 saturated carbocycles. The molecule has 0 spiro atoms. The molecule has 0 aliphatic carbocycles. The van der Waals surface area contributed by atoms with E-state index in [1.54, 1.807) is 14.0 Å². The van der Waals surface area contributed by atoms with E-state index < -0.39 is 17.9 Å². The number of aliphatic carboxylic acids is 1. The Morgan fingerprint density at radius 1 is 1.21 bits per heavy atom. The first-order chi connectivity index (χ1) is 8.95. The third kappa shape index (κ3) is 11.2. The minimum Gasteiger partial charge on any atom is -0.481 e. The van der Waals surface area contributed by atoms with E-state index in [1.807, 2.05) is 0 Å². The van der Waals surface area contributed by atoms with Crippen molar-refractivity contribution in [1.29, 1.82) is 0 Å². The van der Waals surface area contributed by atoms with Gasteiger partial charge in [0.25, 0.3) is 0 Å². The number of carbonyl (C=O) groups excluding carboxylic acids is 2. The van der Waals surface area contributed by atoms with Gasteiger partial charge in [-0.3, -0.25) is 14.9 Å². The van der Waals surface area contributed by atoms with E-state index in [1.165, 1.54) is 0 Å². The third-order valence-electron chi connectivity index (χ3n) is 2.37. The van der Waals surface area contributed by atoms with Crippen molar-refractivity contribution in [2.45, 2.75) is 32.6 Å². The molecule has 0 aliphatic heterocycles. The molecule has 0 fully saturated rings. The molecule has 19 heavy (non-hydrogen) atoms. The smallest absolute Gasteiger partial charge is 0.321 e. The second kappa shape index (κ2) is 10.3. The summed E-state index contributed by atoms with van der Waals surface area (Å²) in [5, 5.41) is 13.2. The molecule has 1 unspecified atom stereocenters. The lowest BCUT2D eigenvalue weighted by molar-refractivity contribution is -0.138. The van der Waals surface area contributed by atoms with Gasteiger partial charge < -0.3 is 15.2 Å². The van der Waals surface area contributed by atoms with Crippen molar-refractivity contribution in [1.82, 2.24) is 10.6 Å². The Morgan fingerprint density at radius 3 is 2.47 bits per heavy atom. The van der Waals surface area contributed by atoms with Crippen LogP contribution in [0.25, 0.3) is 0 Å². The Labute approximate surface area is 112 Å². The number of nitrogens with one attached hydrogen (secondary N) is 2. The van der Waals surface area contributed by atoms with Crippen LogP contribution < -0.4 is 10.6 Å². The highest BCUT2D eigenvalue weighted by molar-refractivity contribution is 5.94. The molecule has 1 atom stereocenters. The summed E-state index contributed by atoms with van der Waals surface area (Å²) < 4.78 is 4.86. The third-order valence-corrected chi connectivity index (χ3v) is 2.37. The molecule has 0 radical (unpaired) electrons. The van der Waals surface area contributed by atoms with Gasteiger partial charge in [0, 0.05) is 33.1 Å². The molecule has 0 bridgehead atoms. The summed E-state index contributed by atoms with van der Waals surface area (Å²) in [5.74, 6) is -1.72. The van der Waals surface area contributed by atoms with Crippen LogP contribution in [0.3, 0.4) is 0 Å². The summed E-state index contributed by atoms with van der Waals surface area (Å²) in [5.41, 5.74) is 0. The van der Waals surface area contributed by atoms with Gasteiger partial charge in [0.15, 0.2) is 0 Å². The van der Waals surface area contributed by atoms with Gasteiger partial charge in [-0.05, 0) is 18.8 Å². The minimum atomic E-state index is -0.956. The first kappa shape index (κ1) is 17.4. The fraction of sp³-hybridized carbons (Fsp3) is 0.750. The number of hydrogen-bond acceptors (Lipinski definition) is 4. The zero-order valence-electron chi connectivity index (χ0n) is 11.4. The van der Waals surface area contributed by atoms with Crippen molar-refractivity contribution in [2.24, 2.45) is 5.92 Å². The number of ether oxygens (including phenoxy) is 1. The molecule has 7 nitrogen and oxygen atoms in total. The fourth-order valence-electron chi connectivity index (χ4n) is 1.48. The van der Waals surface area contributed by atoms with E-state index in [2.05, 4.69) is 10.6 Å². The molecule has 3 N–H and O–H groups in total. The number of unbranched alkanes of at least 4 members (excludes halogenated alkanes) is 1. The Kier molecular flexibility index (Phi) is 9.42. The van der Waals surface area contributed by atoms with Crippen LogP contribution >= 0.6 is 0 Å². The number of carboxylic acid groups (broad SMARTS) is 1. The molecule has 0 aromatic heterocycles. The van der Waals surface area contributed by atoms with Crippen LogP contribution in [0.5, 0.6) is 0 Å². The zero-order chi connectivity index (χ0) is 14.7. The Morgan fingerprint density at radius 2 is 1.89 bits per heavy atom. The van der Waals surface area contributed by atoms with Crippen molar-refractivity contribution < 1.29 is 24.2 Å². The maximum absolute atomic E-state index is 11.4. The largest absolute Gasteiger partial charge is 0.481 e. The first-order valence-electron chi connectivity index (χ1n) is 6.24. The Balaban J connectivity index is 3.68. The van der Waals surface area contributed by atoms with Crippen LogP contribution in [0.1, 0.15) is 32.6 Å². The molecular weight excluding hydrogens is 252 g/mol. The molecule has 0 heterocycles. The summed E-state index contributed by atoms with van der Waals surface area (Å²) in [4.78, 5) is 33.1. The van der Waals surface area contributed by atoms with E-state index >= 15 is 0 Å². The van der Waals surface area contributed by atoms with E-state index in [4.69, 9.17) is 9.84 Å². The van der Waals surface area contributed by atoms with Crippen LogP contribution in [0, 0.1) is 5.92 Å². The van der Waals surface area contributed by atoms with Gasteiger partial charge in [0.2, 0.25) is 5.91 Å². The fourth-order valence-corrected chi connectivity index (χ4v) is 1.48. The van der Waals surface area contributed by atoms with Crippen LogP contribution in [-0.4, -0.2) is 43.3 Å². The maximum atomic E-state index is 11.4. The lowest BCUT2D eigenvalue weighted by atomic mass is 10.0. The average Bonchev–Trinajstić information content (AvgIpc) is 2.26. The minimum absolute atomic E-state index is 0.0173. The summed E-state index contributed by atoms with van der Waals surface area (Å²) in [6, 6.07) is -0.551. The number of imide groups is 1. The van der Waals surface area contributed by atoms with Crippen LogP contribution in [0.4, 0.5) is 4.79 Å². The SMILES string of the molecule is COCCCCNC(=O)NC(=O)CC(C)CC(=O)O. The van der Waals surface area contributed by atoms with E-state index in [9.17, 15) is 14.4 Å². The molecule has 0 aromatic carbocycles. The number of rotatable bonds is 9. The molecule has 0 aromatic rings. The van der Waals surface area contributed by atoms with E-state index in [0.29, 0.717) is 13.2 Å². The number of urea groups is 1. The predicted molar refractivity (Wildman–Crippen MR) is 68.7 cm³/mol. The standard InChI is InChI=1S/C12H22N2O5/c1-9(8-11(16)17)7-10(15)14-12(18)13-5-3-4-6-19-2/h9H,3-8H2,1-2H3,(H,16,17)(H2,13,14,15,18). The number of carboxylic acids is 1. The van der Waals surface area contributed by atoms with Crippen LogP contribution in [0.15, 0.2) is 0 Å². The van der Waals surface area contributed by atoms with Gasteiger partial charge >= 0.3 is 12.0 Å². The summed E-state index contributed by atoms with van der Waals surface area (Å²) in [6.45, 7) is 2.75. The Hall–Kier alpha value is -1.63. The number of carbonyl (C=O) groups is 3. The van der Waals surface area contributed by atoms with Gasteiger partial charge in [-0.1, -0.05) is 6.92 Å². The van der Waals surface area contributed by atoms with Crippen molar-refractivity contribution >= 4 is 17.9 Å². The molecular formula is C12H22N2O5. The molecule has 7 heteroatoms. The summed E-state index contributed by atoms with van der Waals surface area (Å²) in [7, 11) is 1.61. The van der Waals surface area contributed by atoms with E-state index in [-0.39, 0.29) is 18.8 Å². The lowest BCUT2D eigenvalue weighted by Crippen LogP contribution is -2.40. The van der Waals surface area contributed by atoms with Crippen LogP contribution in [0.2, 0.25) is 0 Å². The second-order valence-electron chi connectivity index (χ2n) is 4.41. The van der Waals surface area contributed by atoms with Gasteiger partial charge in [-0.15, -0.1) is 0 Å². The Bertz CT molecular complexity index is 306. The summed E-state index contributed by atoms with van der Waals surface area (Å²) >= 11 is 0. The predicted octanol–water partition coefficient (Wildman–Crippen LogP) is 0.740. The van der Waals surface area contributed by atoms with Gasteiger partial charge in [-0.25, -0.2) is 4.79 Å². The van der Waals surface area contributed by atoms with Gasteiger partial charge in [0.1, 0.15) is 0 Å². The highest BCUT2D eigenvalue weighted by Crippen LogP contribution is 2.06. The molecule has 0 rings (SSSR count). The molecule has 0 aliphatic rings. The average molecular weight is 274 g/mol. The van der Waals surface area contributed by atoms with E-state index in [0.717, 1.165) is 12.8 Å². The van der Waals surface area contributed by atoms with Crippen molar-refractivity contribution in [3.8, 4) is 0 Å². The quantitative estimate of drug-likeness (QED) is 0.538. The number of amides is 3. The van der Waals surface area contributed by atoms with Crippen molar-refractivity contribution in [3.05, 3.63) is 0 Å². The van der Waals surface area contributed by atoms with Crippen molar-refractivity contribution in [2.75, 3.05) is 20.3 Å². The number of hydrogen-bond donors (Lipinski definition) is 3. The van der Waals surface area contributed by atoms with Crippen molar-refractivity contribution in [3.63, 3.8) is 0 Å². The normalized spacial score (nSPS) is 11.7. The van der Waals surface area contributed by atoms with Gasteiger partial charge in [0.05, 0.1) is 0 Å². The highest BCUT2D eigenvalue weighted by Gasteiger charge is 2.14. The molecule has 0 saturated heterocycles. The summed E-state index contributed by atoms with van der Waals surface area (Å²) in [6.07, 6.45) is 1.53. The van der Waals surface area contributed by atoms with Gasteiger partial charge in [-0.2, -0.15) is 0 Å². The molecule has 3 amide bonds. The topological polar surface area (TPSA) is 105 Å². The molecule has 110 valence electrons. The van der Waals surface area contributed by atoms with Crippen LogP contribution in [-0.2, 0) is 14.3 Å². The monoisotopic (exact) mass is 274 g/mol. The maximum Gasteiger partial charge on any atom is 0.321 e.